The van der Waals surface area contributed by atoms with Crippen LogP contribution in [-0.2, 0) is 0 Å². The lowest BCUT2D eigenvalue weighted by atomic mass is 10.1. The number of nitrogen functional groups attached to an aromatic ring is 1. The van der Waals surface area contributed by atoms with Gasteiger partial charge in [0.1, 0.15) is 22.8 Å². The number of hydrogen-bond acceptors (Lipinski definition) is 6. The fourth-order valence-electron chi connectivity index (χ4n) is 2.96. The van der Waals surface area contributed by atoms with E-state index in [-0.39, 0.29) is 11.6 Å². The summed E-state index contributed by atoms with van der Waals surface area (Å²) in [5.74, 6) is 0.293. The predicted molar refractivity (Wildman–Crippen MR) is 107 cm³/mol. The summed E-state index contributed by atoms with van der Waals surface area (Å²) in [6.45, 7) is 3.81. The topological polar surface area (TPSA) is 99.8 Å². The zero-order chi connectivity index (χ0) is 19.7. The maximum atomic E-state index is 12.1. The normalized spacial score (nSPS) is 11.1. The highest BCUT2D eigenvalue weighted by Crippen LogP contribution is 2.33. The molecule has 3 aromatic heterocycles. The fraction of sp³-hybridized carbons (Fsp3) is 0.143. The van der Waals surface area contributed by atoms with Crippen LogP contribution in [0.5, 0.6) is 0 Å². The molecule has 0 bridgehead atoms. The van der Waals surface area contributed by atoms with E-state index in [0.29, 0.717) is 28.6 Å². The van der Waals surface area contributed by atoms with Crippen LogP contribution < -0.4 is 11.3 Å². The molecule has 140 valence electrons. The third-order valence-corrected chi connectivity index (χ3v) is 4.32. The van der Waals surface area contributed by atoms with Crippen LogP contribution in [0.4, 0.5) is 5.82 Å². The van der Waals surface area contributed by atoms with Gasteiger partial charge in [0, 0.05) is 17.2 Å². The Morgan fingerprint density at radius 2 is 1.71 bits per heavy atom. The summed E-state index contributed by atoms with van der Waals surface area (Å²) >= 11 is 0. The van der Waals surface area contributed by atoms with E-state index >= 15 is 0 Å². The Kier molecular flexibility index (Phi) is 4.49. The van der Waals surface area contributed by atoms with E-state index in [0.717, 1.165) is 11.1 Å². The lowest BCUT2D eigenvalue weighted by Crippen LogP contribution is -2.24. The number of hydrogen-bond donors (Lipinski definition) is 1. The van der Waals surface area contributed by atoms with Crippen molar-refractivity contribution in [3.05, 3.63) is 71.4 Å². The van der Waals surface area contributed by atoms with E-state index in [9.17, 15) is 4.79 Å². The minimum absolute atomic E-state index is 0.0808. The second-order valence-electron chi connectivity index (χ2n) is 6.63. The Bertz CT molecular complexity index is 1170. The number of furan rings is 1. The van der Waals surface area contributed by atoms with E-state index in [4.69, 9.17) is 15.1 Å². The molecule has 0 aliphatic rings. The van der Waals surface area contributed by atoms with Crippen LogP contribution in [-0.4, -0.2) is 19.7 Å². The number of nitrogens with zero attached hydrogens (tertiary/aromatic N) is 4. The summed E-state index contributed by atoms with van der Waals surface area (Å²) in [6, 6.07) is 14.5. The van der Waals surface area contributed by atoms with Crippen LogP contribution in [0.15, 0.2) is 70.3 Å². The Balaban J connectivity index is 2.00. The molecule has 0 atom stereocenters. The largest absolute Gasteiger partial charge is 0.472 e. The molecule has 7 nitrogen and oxygen atoms in total. The molecule has 2 N–H and O–H groups in total. The zero-order valence-corrected chi connectivity index (χ0v) is 15.5. The second kappa shape index (κ2) is 7.11. The van der Waals surface area contributed by atoms with Crippen molar-refractivity contribution in [1.29, 1.82) is 0 Å². The van der Waals surface area contributed by atoms with Crippen molar-refractivity contribution in [2.75, 3.05) is 5.73 Å². The molecule has 0 saturated carbocycles. The standard InChI is InChI=1S/C21H19N5O2/c1-13(2)26-17(27)9-8-16(25-26)20-18(14-6-4-3-5-7-14)24-21(22)19(23-20)15-10-11-28-12-15/h3-13H,1-2H3,(H2,22,24). The summed E-state index contributed by atoms with van der Waals surface area (Å²) in [4.78, 5) is 21.5. The molecule has 0 aliphatic carbocycles. The van der Waals surface area contributed by atoms with Crippen LogP contribution in [0.2, 0.25) is 0 Å². The van der Waals surface area contributed by atoms with E-state index in [1.807, 2.05) is 44.2 Å². The third-order valence-electron chi connectivity index (χ3n) is 4.32. The third kappa shape index (κ3) is 3.18. The van der Waals surface area contributed by atoms with Gasteiger partial charge in [0.05, 0.1) is 18.6 Å². The molecule has 0 amide bonds. The number of anilines is 1. The summed E-state index contributed by atoms with van der Waals surface area (Å²) in [6.07, 6.45) is 3.12. The van der Waals surface area contributed by atoms with Crippen molar-refractivity contribution in [3.63, 3.8) is 0 Å². The van der Waals surface area contributed by atoms with Gasteiger partial charge in [-0.3, -0.25) is 4.79 Å². The smallest absolute Gasteiger partial charge is 0.267 e. The van der Waals surface area contributed by atoms with Crippen LogP contribution in [0.3, 0.4) is 0 Å². The molecule has 0 radical (unpaired) electrons. The van der Waals surface area contributed by atoms with Crippen molar-refractivity contribution < 1.29 is 4.42 Å². The minimum Gasteiger partial charge on any atom is -0.472 e. The van der Waals surface area contributed by atoms with Crippen LogP contribution in [0.25, 0.3) is 33.9 Å². The highest BCUT2D eigenvalue weighted by Gasteiger charge is 2.19. The van der Waals surface area contributed by atoms with Gasteiger partial charge in [-0.25, -0.2) is 14.6 Å². The monoisotopic (exact) mass is 373 g/mol. The first-order chi connectivity index (χ1) is 13.5. The number of rotatable bonds is 4. The van der Waals surface area contributed by atoms with Gasteiger partial charge in [-0.05, 0) is 26.0 Å². The number of aromatic nitrogens is 4. The predicted octanol–water partition coefficient (Wildman–Crippen LogP) is 3.79. The Morgan fingerprint density at radius 3 is 2.39 bits per heavy atom. The van der Waals surface area contributed by atoms with Crippen LogP contribution >= 0.6 is 0 Å². The zero-order valence-electron chi connectivity index (χ0n) is 15.5. The maximum absolute atomic E-state index is 12.1. The summed E-state index contributed by atoms with van der Waals surface area (Å²) < 4.78 is 6.60. The second-order valence-corrected chi connectivity index (χ2v) is 6.63. The van der Waals surface area contributed by atoms with Gasteiger partial charge in [-0.2, -0.15) is 5.10 Å². The Labute approximate surface area is 161 Å². The van der Waals surface area contributed by atoms with Gasteiger partial charge in [-0.1, -0.05) is 30.3 Å². The molecule has 0 fully saturated rings. The first-order valence-corrected chi connectivity index (χ1v) is 8.90. The first-order valence-electron chi connectivity index (χ1n) is 8.90. The highest BCUT2D eigenvalue weighted by molar-refractivity contribution is 5.81. The molecular formula is C21H19N5O2. The minimum atomic E-state index is -0.168. The first kappa shape index (κ1) is 17.7. The summed E-state index contributed by atoms with van der Waals surface area (Å²) in [5, 5.41) is 4.52. The number of nitrogens with two attached hydrogens (primary N) is 1. The van der Waals surface area contributed by atoms with Crippen molar-refractivity contribution in [2.24, 2.45) is 0 Å². The lowest BCUT2D eigenvalue weighted by molar-refractivity contribution is 0.504. The van der Waals surface area contributed by atoms with Gasteiger partial charge in [0.15, 0.2) is 5.82 Å². The van der Waals surface area contributed by atoms with Crippen molar-refractivity contribution >= 4 is 5.82 Å². The van der Waals surface area contributed by atoms with E-state index < -0.39 is 0 Å². The van der Waals surface area contributed by atoms with Gasteiger partial charge in [0.2, 0.25) is 0 Å². The van der Waals surface area contributed by atoms with E-state index in [1.165, 1.54) is 10.7 Å². The molecule has 0 saturated heterocycles. The molecule has 28 heavy (non-hydrogen) atoms. The summed E-state index contributed by atoms with van der Waals surface area (Å²) in [7, 11) is 0. The molecular weight excluding hydrogens is 354 g/mol. The molecule has 1 aromatic carbocycles. The average Bonchev–Trinajstić information content (AvgIpc) is 3.23. The molecule has 0 spiro atoms. The lowest BCUT2D eigenvalue weighted by Gasteiger charge is -2.14. The molecule has 3 heterocycles. The van der Waals surface area contributed by atoms with E-state index in [2.05, 4.69) is 10.1 Å². The SMILES string of the molecule is CC(C)n1nc(-c2nc(-c3ccoc3)c(N)nc2-c2ccccc2)ccc1=O. The number of benzene rings is 1. The molecule has 4 rings (SSSR count). The highest BCUT2D eigenvalue weighted by atomic mass is 16.3. The van der Waals surface area contributed by atoms with Crippen LogP contribution in [0.1, 0.15) is 19.9 Å². The van der Waals surface area contributed by atoms with Gasteiger partial charge >= 0.3 is 0 Å². The molecule has 7 heteroatoms. The molecule has 0 unspecified atom stereocenters. The molecule has 4 aromatic rings. The van der Waals surface area contributed by atoms with E-state index in [1.54, 1.807) is 24.7 Å². The quantitative estimate of drug-likeness (QED) is 0.584. The Hall–Kier alpha value is -3.74. The maximum Gasteiger partial charge on any atom is 0.267 e. The van der Waals surface area contributed by atoms with Gasteiger partial charge < -0.3 is 10.2 Å². The average molecular weight is 373 g/mol. The van der Waals surface area contributed by atoms with Crippen LogP contribution in [0, 0.1) is 0 Å². The summed E-state index contributed by atoms with van der Waals surface area (Å²) in [5.41, 5.74) is 9.83. The molecule has 0 aliphatic heterocycles. The van der Waals surface area contributed by atoms with Gasteiger partial charge in [-0.15, -0.1) is 0 Å². The van der Waals surface area contributed by atoms with Gasteiger partial charge in [0.25, 0.3) is 5.56 Å². The van der Waals surface area contributed by atoms with Crippen molar-refractivity contribution in [1.82, 2.24) is 19.7 Å². The van der Waals surface area contributed by atoms with Crippen molar-refractivity contribution in [2.45, 2.75) is 19.9 Å². The Morgan fingerprint density at radius 1 is 0.929 bits per heavy atom. The fourth-order valence-corrected chi connectivity index (χ4v) is 2.96. The van der Waals surface area contributed by atoms with Crippen molar-refractivity contribution in [3.8, 4) is 33.9 Å².